The number of nitrogens with zero attached hydrogens (tertiary/aromatic N) is 1. The van der Waals surface area contributed by atoms with E-state index in [-0.39, 0.29) is 17.9 Å². The van der Waals surface area contributed by atoms with Crippen molar-refractivity contribution in [2.45, 2.75) is 40.2 Å². The number of benzene rings is 1. The fraction of sp³-hybridized carbons (Fsp3) is 0.579. The van der Waals surface area contributed by atoms with Crippen molar-refractivity contribution in [2.24, 2.45) is 5.92 Å². The van der Waals surface area contributed by atoms with Crippen molar-refractivity contribution in [3.63, 3.8) is 0 Å². The highest BCUT2D eigenvalue weighted by atomic mass is 16.2. The van der Waals surface area contributed by atoms with Gasteiger partial charge in [-0.25, -0.2) is 0 Å². The van der Waals surface area contributed by atoms with Gasteiger partial charge in [0, 0.05) is 18.7 Å². The number of fused-ring (bicyclic) bond motifs is 1. The van der Waals surface area contributed by atoms with Crippen molar-refractivity contribution in [2.75, 3.05) is 36.8 Å². The summed E-state index contributed by atoms with van der Waals surface area (Å²) in [6.45, 7) is 11.8. The number of anilines is 2. The van der Waals surface area contributed by atoms with Crippen molar-refractivity contribution < 1.29 is 9.59 Å². The van der Waals surface area contributed by atoms with Crippen LogP contribution in [0.2, 0.25) is 0 Å². The Morgan fingerprint density at radius 3 is 2.60 bits per heavy atom. The maximum atomic E-state index is 12.3. The molecule has 6 nitrogen and oxygen atoms in total. The van der Waals surface area contributed by atoms with E-state index in [2.05, 4.69) is 48.5 Å². The van der Waals surface area contributed by atoms with Gasteiger partial charge in [0.1, 0.15) is 6.04 Å². The first kappa shape index (κ1) is 19.2. The number of amides is 2. The first-order chi connectivity index (χ1) is 11.9. The van der Waals surface area contributed by atoms with E-state index in [0.717, 1.165) is 31.7 Å². The third-order valence-electron chi connectivity index (χ3n) is 4.50. The number of hydrogen-bond acceptors (Lipinski definition) is 4. The van der Waals surface area contributed by atoms with Crippen LogP contribution in [0.15, 0.2) is 18.2 Å². The smallest absolute Gasteiger partial charge is 0.251 e. The van der Waals surface area contributed by atoms with Crippen LogP contribution in [0.3, 0.4) is 0 Å². The number of carbonyl (C=O) groups is 2. The molecule has 138 valence electrons. The zero-order valence-electron chi connectivity index (χ0n) is 15.7. The normalized spacial score (nSPS) is 16.4. The molecule has 0 aromatic heterocycles. The lowest BCUT2D eigenvalue weighted by Gasteiger charge is -2.28. The molecule has 2 amide bonds. The van der Waals surface area contributed by atoms with Crippen LogP contribution in [0, 0.1) is 5.92 Å². The van der Waals surface area contributed by atoms with Crippen LogP contribution in [0.4, 0.5) is 11.4 Å². The summed E-state index contributed by atoms with van der Waals surface area (Å²) in [4.78, 5) is 26.8. The van der Waals surface area contributed by atoms with Crippen LogP contribution < -0.4 is 16.0 Å². The number of hydrogen-bond donors (Lipinski definition) is 3. The second-order valence-corrected chi connectivity index (χ2v) is 6.86. The SMILES string of the molecule is CCN(CC)CCNC(=O)c1ccc2c(c1)NC(=O)C(CC(C)C)N2. The summed E-state index contributed by atoms with van der Waals surface area (Å²) in [6.07, 6.45) is 0.777. The Kier molecular flexibility index (Phi) is 6.82. The van der Waals surface area contributed by atoms with Gasteiger partial charge < -0.3 is 20.9 Å². The molecule has 0 fully saturated rings. The highest BCUT2D eigenvalue weighted by Gasteiger charge is 2.26. The summed E-state index contributed by atoms with van der Waals surface area (Å²) < 4.78 is 0. The van der Waals surface area contributed by atoms with Crippen molar-refractivity contribution in [3.05, 3.63) is 23.8 Å². The number of carbonyl (C=O) groups excluding carboxylic acids is 2. The molecular formula is C19H30N4O2. The van der Waals surface area contributed by atoms with E-state index in [9.17, 15) is 9.59 Å². The Morgan fingerprint density at radius 1 is 1.24 bits per heavy atom. The molecule has 1 aliphatic heterocycles. The molecule has 0 saturated carbocycles. The lowest BCUT2D eigenvalue weighted by molar-refractivity contribution is -0.117. The first-order valence-electron chi connectivity index (χ1n) is 9.16. The van der Waals surface area contributed by atoms with Crippen molar-refractivity contribution in [3.8, 4) is 0 Å². The molecule has 2 rings (SSSR count). The van der Waals surface area contributed by atoms with E-state index in [1.807, 2.05) is 6.07 Å². The summed E-state index contributed by atoms with van der Waals surface area (Å²) in [5.74, 6) is 0.273. The predicted octanol–water partition coefficient (Wildman–Crippen LogP) is 2.54. The zero-order valence-corrected chi connectivity index (χ0v) is 15.7. The van der Waals surface area contributed by atoms with Gasteiger partial charge in [0.25, 0.3) is 5.91 Å². The van der Waals surface area contributed by atoms with Gasteiger partial charge >= 0.3 is 0 Å². The maximum Gasteiger partial charge on any atom is 0.251 e. The van der Waals surface area contributed by atoms with Crippen LogP contribution in [-0.2, 0) is 4.79 Å². The molecule has 0 bridgehead atoms. The minimum atomic E-state index is -0.221. The molecule has 0 spiro atoms. The van der Waals surface area contributed by atoms with Gasteiger partial charge in [0.2, 0.25) is 5.91 Å². The molecule has 0 saturated heterocycles. The monoisotopic (exact) mass is 346 g/mol. The summed E-state index contributed by atoms with van der Waals surface area (Å²) in [7, 11) is 0. The van der Waals surface area contributed by atoms with Gasteiger partial charge in [-0.3, -0.25) is 9.59 Å². The van der Waals surface area contributed by atoms with Crippen molar-refractivity contribution in [1.82, 2.24) is 10.2 Å². The molecule has 1 atom stereocenters. The topological polar surface area (TPSA) is 73.5 Å². The van der Waals surface area contributed by atoms with Crippen molar-refractivity contribution >= 4 is 23.2 Å². The van der Waals surface area contributed by atoms with Gasteiger partial charge in [-0.15, -0.1) is 0 Å². The predicted molar refractivity (Wildman–Crippen MR) is 102 cm³/mol. The van der Waals surface area contributed by atoms with E-state index in [1.165, 1.54) is 0 Å². The highest BCUT2D eigenvalue weighted by Crippen LogP contribution is 2.29. The van der Waals surface area contributed by atoms with Gasteiger partial charge in [0.15, 0.2) is 0 Å². The Balaban J connectivity index is 1.98. The molecular weight excluding hydrogens is 316 g/mol. The summed E-state index contributed by atoms with van der Waals surface area (Å²) in [5, 5.41) is 9.12. The van der Waals surface area contributed by atoms with Crippen LogP contribution in [0.25, 0.3) is 0 Å². The lowest BCUT2D eigenvalue weighted by atomic mass is 10.00. The molecule has 25 heavy (non-hydrogen) atoms. The minimum absolute atomic E-state index is 0.0414. The third-order valence-corrected chi connectivity index (χ3v) is 4.50. The van der Waals surface area contributed by atoms with Crippen LogP contribution >= 0.6 is 0 Å². The fourth-order valence-electron chi connectivity index (χ4n) is 2.99. The molecule has 1 heterocycles. The Hall–Kier alpha value is -2.08. The highest BCUT2D eigenvalue weighted by molar-refractivity contribution is 6.05. The van der Waals surface area contributed by atoms with Gasteiger partial charge in [0.05, 0.1) is 11.4 Å². The standard InChI is InChI=1S/C19H30N4O2/c1-5-23(6-2)10-9-20-18(24)14-7-8-15-16(12-14)22-19(25)17(21-15)11-13(3)4/h7-8,12-13,17,21H,5-6,9-11H2,1-4H3,(H,20,24)(H,22,25). The zero-order chi connectivity index (χ0) is 18.4. The van der Waals surface area contributed by atoms with Crippen LogP contribution in [0.5, 0.6) is 0 Å². The number of nitrogens with one attached hydrogen (secondary N) is 3. The van der Waals surface area contributed by atoms with Crippen LogP contribution in [-0.4, -0.2) is 48.9 Å². The Bertz CT molecular complexity index is 611. The average molecular weight is 346 g/mol. The number of rotatable bonds is 8. The summed E-state index contributed by atoms with van der Waals surface area (Å²) in [6, 6.07) is 5.17. The van der Waals surface area contributed by atoms with Crippen LogP contribution in [0.1, 0.15) is 44.5 Å². The second kappa shape index (κ2) is 8.85. The van der Waals surface area contributed by atoms with E-state index in [4.69, 9.17) is 0 Å². The number of likely N-dealkylation sites (N-methyl/N-ethyl adjacent to an activating group) is 1. The van der Waals surface area contributed by atoms with E-state index < -0.39 is 0 Å². The first-order valence-corrected chi connectivity index (χ1v) is 9.16. The Labute approximate surface area is 150 Å². The maximum absolute atomic E-state index is 12.3. The van der Waals surface area contributed by atoms with Gasteiger partial charge in [-0.1, -0.05) is 27.7 Å². The molecule has 1 aromatic carbocycles. The molecule has 1 aliphatic rings. The lowest BCUT2D eigenvalue weighted by Crippen LogP contribution is -2.40. The molecule has 6 heteroatoms. The van der Waals surface area contributed by atoms with Gasteiger partial charge in [-0.05, 0) is 43.6 Å². The summed E-state index contributed by atoms with van der Waals surface area (Å²) >= 11 is 0. The summed E-state index contributed by atoms with van der Waals surface area (Å²) in [5.41, 5.74) is 2.09. The molecule has 0 aliphatic carbocycles. The quantitative estimate of drug-likeness (QED) is 0.676. The molecule has 0 radical (unpaired) electrons. The Morgan fingerprint density at radius 2 is 1.96 bits per heavy atom. The van der Waals surface area contributed by atoms with Crippen molar-refractivity contribution in [1.29, 1.82) is 0 Å². The minimum Gasteiger partial charge on any atom is -0.372 e. The second-order valence-electron chi connectivity index (χ2n) is 6.86. The fourth-order valence-corrected chi connectivity index (χ4v) is 2.99. The third kappa shape index (κ3) is 5.19. The van der Waals surface area contributed by atoms with E-state index >= 15 is 0 Å². The molecule has 1 aromatic rings. The molecule has 1 unspecified atom stereocenters. The average Bonchev–Trinajstić information content (AvgIpc) is 2.58. The van der Waals surface area contributed by atoms with E-state index in [0.29, 0.717) is 23.7 Å². The van der Waals surface area contributed by atoms with Gasteiger partial charge in [-0.2, -0.15) is 0 Å². The van der Waals surface area contributed by atoms with E-state index in [1.54, 1.807) is 12.1 Å². The largest absolute Gasteiger partial charge is 0.372 e. The molecule has 3 N–H and O–H groups in total.